The van der Waals surface area contributed by atoms with E-state index in [0.717, 1.165) is 17.6 Å². The number of aliphatic carboxylic acids is 1. The predicted molar refractivity (Wildman–Crippen MR) is 132 cm³/mol. The number of quaternary nitrogens is 1. The summed E-state index contributed by atoms with van der Waals surface area (Å²) in [5.74, 6) is -0.642. The summed E-state index contributed by atoms with van der Waals surface area (Å²) < 4.78 is 0.726. The molecule has 0 radical (unpaired) electrons. The molecule has 0 aliphatic rings. The van der Waals surface area contributed by atoms with E-state index in [1.54, 1.807) is 0 Å². The van der Waals surface area contributed by atoms with Crippen molar-refractivity contribution in [3.63, 3.8) is 0 Å². The summed E-state index contributed by atoms with van der Waals surface area (Å²) in [5, 5.41) is 9.36. The standard InChI is InChI=1S/C27H55NO2/c1-4-6-8-10-12-14-16-18-20-22-24-28(3,26-27(29)30)25-23-21-19-17-15-13-11-9-7-5-2/h4-26H2,1-3H3/p+1. The van der Waals surface area contributed by atoms with Crippen LogP contribution < -0.4 is 0 Å². The third-order valence-electron chi connectivity index (χ3n) is 6.62. The summed E-state index contributed by atoms with van der Waals surface area (Å²) in [6.45, 7) is 6.88. The molecule has 30 heavy (non-hydrogen) atoms. The smallest absolute Gasteiger partial charge is 0.359 e. The van der Waals surface area contributed by atoms with Gasteiger partial charge in [0.2, 0.25) is 0 Å². The quantitative estimate of drug-likeness (QED) is 0.124. The Morgan fingerprint density at radius 2 is 0.800 bits per heavy atom. The second kappa shape index (κ2) is 21.7. The Balaban J connectivity index is 3.76. The molecule has 3 heteroatoms. The molecular formula is C27H56NO2+. The lowest BCUT2D eigenvalue weighted by atomic mass is 10.1. The van der Waals surface area contributed by atoms with Crippen molar-refractivity contribution in [3.8, 4) is 0 Å². The number of hydrogen-bond donors (Lipinski definition) is 1. The number of unbranched alkanes of at least 4 members (excludes halogenated alkanes) is 18. The Morgan fingerprint density at radius 1 is 0.533 bits per heavy atom. The normalized spacial score (nSPS) is 11.8. The van der Waals surface area contributed by atoms with Crippen molar-refractivity contribution in [3.05, 3.63) is 0 Å². The fourth-order valence-electron chi connectivity index (χ4n) is 4.56. The van der Waals surface area contributed by atoms with E-state index in [1.807, 2.05) is 0 Å². The predicted octanol–water partition coefficient (Wildman–Crippen LogP) is 8.36. The first-order valence-corrected chi connectivity index (χ1v) is 13.6. The monoisotopic (exact) mass is 426 g/mol. The van der Waals surface area contributed by atoms with Crippen LogP contribution in [0.15, 0.2) is 0 Å². The molecule has 0 fully saturated rings. The SMILES string of the molecule is CCCCCCCCCCCC[N+](C)(CCCCCCCCCCCC)CC(=O)O. The zero-order valence-corrected chi connectivity index (χ0v) is 21.1. The van der Waals surface area contributed by atoms with Gasteiger partial charge in [0, 0.05) is 0 Å². The molecule has 0 spiro atoms. The largest absolute Gasteiger partial charge is 0.477 e. The van der Waals surface area contributed by atoms with Gasteiger partial charge in [-0.3, -0.25) is 0 Å². The number of likely N-dealkylation sites (N-methyl/N-ethyl adjacent to an activating group) is 1. The number of rotatable bonds is 24. The van der Waals surface area contributed by atoms with Crippen molar-refractivity contribution < 1.29 is 14.4 Å². The summed E-state index contributed by atoms with van der Waals surface area (Å²) in [5.41, 5.74) is 0. The fraction of sp³-hybridized carbons (Fsp3) is 0.963. The maximum absolute atomic E-state index is 11.4. The van der Waals surface area contributed by atoms with E-state index >= 15 is 0 Å². The second-order valence-electron chi connectivity index (χ2n) is 9.98. The Hall–Kier alpha value is -0.570. The molecule has 0 atom stereocenters. The van der Waals surface area contributed by atoms with Crippen LogP contribution in [0.3, 0.4) is 0 Å². The zero-order chi connectivity index (χ0) is 22.3. The maximum Gasteiger partial charge on any atom is 0.359 e. The average Bonchev–Trinajstić information content (AvgIpc) is 2.70. The fourth-order valence-corrected chi connectivity index (χ4v) is 4.56. The molecule has 0 aliphatic carbocycles. The van der Waals surface area contributed by atoms with Crippen LogP contribution in [-0.2, 0) is 4.79 Å². The Kier molecular flexibility index (Phi) is 21.2. The molecule has 3 nitrogen and oxygen atoms in total. The van der Waals surface area contributed by atoms with Crippen molar-refractivity contribution in [2.75, 3.05) is 26.7 Å². The Morgan fingerprint density at radius 3 is 1.07 bits per heavy atom. The second-order valence-corrected chi connectivity index (χ2v) is 9.98. The van der Waals surface area contributed by atoms with Crippen molar-refractivity contribution in [2.24, 2.45) is 0 Å². The van der Waals surface area contributed by atoms with Gasteiger partial charge in [-0.25, -0.2) is 4.79 Å². The van der Waals surface area contributed by atoms with E-state index < -0.39 is 5.97 Å². The molecule has 0 aromatic carbocycles. The topological polar surface area (TPSA) is 37.3 Å². The first kappa shape index (κ1) is 29.4. The van der Waals surface area contributed by atoms with E-state index in [0.29, 0.717) is 0 Å². The minimum Gasteiger partial charge on any atom is -0.477 e. The van der Waals surface area contributed by atoms with Crippen LogP contribution in [0.4, 0.5) is 0 Å². The minimum absolute atomic E-state index is 0.287. The molecule has 0 saturated carbocycles. The van der Waals surface area contributed by atoms with E-state index in [4.69, 9.17) is 0 Å². The van der Waals surface area contributed by atoms with Crippen LogP contribution in [0.5, 0.6) is 0 Å². The number of nitrogens with zero attached hydrogens (tertiary/aromatic N) is 1. The van der Waals surface area contributed by atoms with Crippen molar-refractivity contribution >= 4 is 5.97 Å². The van der Waals surface area contributed by atoms with Gasteiger partial charge in [-0.05, 0) is 25.7 Å². The molecule has 0 aromatic heterocycles. The van der Waals surface area contributed by atoms with Gasteiger partial charge in [-0.15, -0.1) is 0 Å². The Bertz CT molecular complexity index is 346. The summed E-state index contributed by atoms with van der Waals surface area (Å²) in [4.78, 5) is 11.4. The third-order valence-corrected chi connectivity index (χ3v) is 6.62. The van der Waals surface area contributed by atoms with Gasteiger partial charge in [-0.1, -0.05) is 117 Å². The van der Waals surface area contributed by atoms with Gasteiger partial charge in [0.05, 0.1) is 20.1 Å². The van der Waals surface area contributed by atoms with Crippen molar-refractivity contribution in [1.82, 2.24) is 0 Å². The van der Waals surface area contributed by atoms with Gasteiger partial charge in [0.25, 0.3) is 0 Å². The maximum atomic E-state index is 11.4. The summed E-state index contributed by atoms with van der Waals surface area (Å²) in [7, 11) is 2.16. The highest BCUT2D eigenvalue weighted by atomic mass is 16.4. The van der Waals surface area contributed by atoms with Gasteiger partial charge >= 0.3 is 5.97 Å². The Labute approximate surface area is 189 Å². The van der Waals surface area contributed by atoms with Crippen LogP contribution in [0.25, 0.3) is 0 Å². The molecule has 0 rings (SSSR count). The van der Waals surface area contributed by atoms with Crippen LogP contribution in [-0.4, -0.2) is 42.2 Å². The van der Waals surface area contributed by atoms with Crippen LogP contribution in [0.1, 0.15) is 142 Å². The molecule has 0 aromatic rings. The number of carbonyl (C=O) groups is 1. The highest BCUT2D eigenvalue weighted by Crippen LogP contribution is 2.15. The number of carboxylic acid groups (broad SMARTS) is 1. The van der Waals surface area contributed by atoms with Crippen LogP contribution in [0.2, 0.25) is 0 Å². The van der Waals surface area contributed by atoms with E-state index in [1.165, 1.54) is 128 Å². The minimum atomic E-state index is -0.642. The zero-order valence-electron chi connectivity index (χ0n) is 21.1. The van der Waals surface area contributed by atoms with Crippen molar-refractivity contribution in [2.45, 2.75) is 142 Å². The van der Waals surface area contributed by atoms with E-state index in [2.05, 4.69) is 20.9 Å². The number of carboxylic acids is 1. The van der Waals surface area contributed by atoms with Gasteiger partial charge in [-0.2, -0.15) is 0 Å². The van der Waals surface area contributed by atoms with E-state index in [9.17, 15) is 9.90 Å². The molecule has 1 N–H and O–H groups in total. The first-order chi connectivity index (χ1) is 14.5. The molecule has 0 aliphatic heterocycles. The molecule has 0 saturated heterocycles. The molecule has 0 heterocycles. The first-order valence-electron chi connectivity index (χ1n) is 13.6. The molecule has 0 unspecified atom stereocenters. The van der Waals surface area contributed by atoms with Crippen LogP contribution >= 0.6 is 0 Å². The summed E-state index contributed by atoms with van der Waals surface area (Å²) in [6, 6.07) is 0. The lowest BCUT2D eigenvalue weighted by molar-refractivity contribution is -0.903. The molecule has 180 valence electrons. The van der Waals surface area contributed by atoms with E-state index in [-0.39, 0.29) is 6.54 Å². The highest BCUT2D eigenvalue weighted by molar-refractivity contribution is 5.67. The third kappa shape index (κ3) is 20.7. The lowest BCUT2D eigenvalue weighted by Gasteiger charge is -2.33. The van der Waals surface area contributed by atoms with Gasteiger partial charge < -0.3 is 9.59 Å². The van der Waals surface area contributed by atoms with Crippen LogP contribution in [0, 0.1) is 0 Å². The highest BCUT2D eigenvalue weighted by Gasteiger charge is 2.24. The molecule has 0 amide bonds. The summed E-state index contributed by atoms with van der Waals surface area (Å²) in [6.07, 6.45) is 26.8. The average molecular weight is 427 g/mol. The summed E-state index contributed by atoms with van der Waals surface area (Å²) >= 11 is 0. The van der Waals surface area contributed by atoms with Gasteiger partial charge in [0.15, 0.2) is 6.54 Å². The molecule has 0 bridgehead atoms. The lowest BCUT2D eigenvalue weighted by Crippen LogP contribution is -2.49. The molecular weight excluding hydrogens is 370 g/mol. The number of hydrogen-bond acceptors (Lipinski definition) is 1. The van der Waals surface area contributed by atoms with Crippen molar-refractivity contribution in [1.29, 1.82) is 0 Å². The van der Waals surface area contributed by atoms with Gasteiger partial charge in [0.1, 0.15) is 0 Å².